The number of methoxy groups -OCH3 is 1. The van der Waals surface area contributed by atoms with E-state index in [9.17, 15) is 9.18 Å². The van der Waals surface area contributed by atoms with Gasteiger partial charge in [-0.15, -0.1) is 0 Å². The van der Waals surface area contributed by atoms with Crippen molar-refractivity contribution >= 4 is 28.8 Å². The Morgan fingerprint density at radius 1 is 1.26 bits per heavy atom. The Bertz CT molecular complexity index is 859. The molecule has 118 valence electrons. The summed E-state index contributed by atoms with van der Waals surface area (Å²) >= 11 is 1.56. The lowest BCUT2D eigenvalue weighted by atomic mass is 10.2. The van der Waals surface area contributed by atoms with Crippen LogP contribution >= 0.6 is 11.8 Å². The molecule has 23 heavy (non-hydrogen) atoms. The second kappa shape index (κ2) is 6.42. The fourth-order valence-electron chi connectivity index (χ4n) is 2.27. The van der Waals surface area contributed by atoms with Gasteiger partial charge in [-0.2, -0.15) is 0 Å². The molecular formula is C17H15FN2O2S. The first-order valence-corrected chi connectivity index (χ1v) is 7.99. The first-order valence-electron chi connectivity index (χ1n) is 7.00. The number of esters is 1. The number of carbonyl (C=O) groups excluding carboxylic acids is 1. The second-order valence-corrected chi connectivity index (χ2v) is 6.01. The van der Waals surface area contributed by atoms with Crippen molar-refractivity contribution in [2.24, 2.45) is 7.05 Å². The highest BCUT2D eigenvalue weighted by molar-refractivity contribution is 7.98. The van der Waals surface area contributed by atoms with Crippen molar-refractivity contribution in [3.8, 4) is 0 Å². The van der Waals surface area contributed by atoms with Crippen LogP contribution in [-0.2, 0) is 17.5 Å². The molecule has 0 aliphatic heterocycles. The minimum Gasteiger partial charge on any atom is -0.465 e. The standard InChI is InChI=1S/C17H15FN2O2S/c1-20-15-9-12(16(21)22-2)5-8-14(15)19-17(20)23-10-11-3-6-13(18)7-4-11/h3-9H,10H2,1-2H3. The van der Waals surface area contributed by atoms with Gasteiger partial charge in [-0.3, -0.25) is 0 Å². The number of thioether (sulfide) groups is 1. The summed E-state index contributed by atoms with van der Waals surface area (Å²) in [7, 11) is 3.27. The van der Waals surface area contributed by atoms with Crippen molar-refractivity contribution in [3.63, 3.8) is 0 Å². The second-order valence-electron chi connectivity index (χ2n) is 5.06. The van der Waals surface area contributed by atoms with Gasteiger partial charge in [0.2, 0.25) is 0 Å². The molecule has 0 aliphatic carbocycles. The van der Waals surface area contributed by atoms with Crippen molar-refractivity contribution in [1.82, 2.24) is 9.55 Å². The van der Waals surface area contributed by atoms with Crippen LogP contribution in [0.2, 0.25) is 0 Å². The number of hydrogen-bond acceptors (Lipinski definition) is 4. The number of ether oxygens (including phenoxy) is 1. The van der Waals surface area contributed by atoms with Crippen LogP contribution in [-0.4, -0.2) is 22.6 Å². The third-order valence-electron chi connectivity index (χ3n) is 3.54. The molecule has 0 aliphatic rings. The van der Waals surface area contributed by atoms with Crippen LogP contribution in [0.4, 0.5) is 4.39 Å². The van der Waals surface area contributed by atoms with Crippen LogP contribution < -0.4 is 0 Å². The highest BCUT2D eigenvalue weighted by Crippen LogP contribution is 2.26. The average Bonchev–Trinajstić information content (AvgIpc) is 2.89. The highest BCUT2D eigenvalue weighted by atomic mass is 32.2. The number of aromatic nitrogens is 2. The van der Waals surface area contributed by atoms with Crippen molar-refractivity contribution in [2.45, 2.75) is 10.9 Å². The fraction of sp³-hybridized carbons (Fsp3) is 0.176. The van der Waals surface area contributed by atoms with Crippen LogP contribution in [0.25, 0.3) is 11.0 Å². The molecule has 0 bridgehead atoms. The van der Waals surface area contributed by atoms with Crippen LogP contribution in [0.1, 0.15) is 15.9 Å². The van der Waals surface area contributed by atoms with Crippen molar-refractivity contribution in [2.75, 3.05) is 7.11 Å². The van der Waals surface area contributed by atoms with E-state index in [0.717, 1.165) is 21.8 Å². The predicted octanol–water partition coefficient (Wildman–Crippen LogP) is 3.79. The van der Waals surface area contributed by atoms with Gasteiger partial charge in [-0.25, -0.2) is 14.2 Å². The first kappa shape index (κ1) is 15.6. The number of imidazole rings is 1. The molecule has 4 nitrogen and oxygen atoms in total. The minimum atomic E-state index is -0.367. The van der Waals surface area contributed by atoms with Gasteiger partial charge in [0.15, 0.2) is 5.16 Å². The third-order valence-corrected chi connectivity index (χ3v) is 4.64. The molecule has 0 fully saturated rings. The number of fused-ring (bicyclic) bond motifs is 1. The van der Waals surface area contributed by atoms with Gasteiger partial charge in [0.05, 0.1) is 23.7 Å². The number of benzene rings is 2. The largest absolute Gasteiger partial charge is 0.465 e. The van der Waals surface area contributed by atoms with Crippen molar-refractivity contribution < 1.29 is 13.9 Å². The van der Waals surface area contributed by atoms with E-state index in [1.54, 1.807) is 36.0 Å². The Hall–Kier alpha value is -2.34. The van der Waals surface area contributed by atoms with Gasteiger partial charge in [0, 0.05) is 12.8 Å². The van der Waals surface area contributed by atoms with Crippen LogP contribution in [0.3, 0.4) is 0 Å². The molecule has 0 unspecified atom stereocenters. The van der Waals surface area contributed by atoms with Crippen LogP contribution in [0.5, 0.6) is 0 Å². The van der Waals surface area contributed by atoms with Crippen LogP contribution in [0, 0.1) is 5.82 Å². The van der Waals surface area contributed by atoms with E-state index in [1.165, 1.54) is 19.2 Å². The number of halogens is 1. The topological polar surface area (TPSA) is 44.1 Å². The number of rotatable bonds is 4. The zero-order valence-electron chi connectivity index (χ0n) is 12.7. The zero-order valence-corrected chi connectivity index (χ0v) is 13.6. The fourth-order valence-corrected chi connectivity index (χ4v) is 3.21. The van der Waals surface area contributed by atoms with E-state index < -0.39 is 0 Å². The molecule has 3 rings (SSSR count). The van der Waals surface area contributed by atoms with Gasteiger partial charge < -0.3 is 9.30 Å². The normalized spacial score (nSPS) is 10.9. The Labute approximate surface area is 137 Å². The maximum absolute atomic E-state index is 12.9. The third kappa shape index (κ3) is 3.22. The highest BCUT2D eigenvalue weighted by Gasteiger charge is 2.12. The molecule has 0 amide bonds. The quantitative estimate of drug-likeness (QED) is 0.539. The Kier molecular flexibility index (Phi) is 4.34. The molecule has 1 aromatic heterocycles. The summed E-state index contributed by atoms with van der Waals surface area (Å²) in [6.45, 7) is 0. The van der Waals surface area contributed by atoms with Crippen molar-refractivity contribution in [1.29, 1.82) is 0 Å². The summed E-state index contributed by atoms with van der Waals surface area (Å²) in [6.07, 6.45) is 0. The lowest BCUT2D eigenvalue weighted by molar-refractivity contribution is 0.0601. The molecule has 0 N–H and O–H groups in total. The molecule has 2 aromatic carbocycles. The van der Waals surface area contributed by atoms with E-state index >= 15 is 0 Å². The minimum absolute atomic E-state index is 0.239. The summed E-state index contributed by atoms with van der Waals surface area (Å²) < 4.78 is 19.6. The Morgan fingerprint density at radius 3 is 2.70 bits per heavy atom. The summed E-state index contributed by atoms with van der Waals surface area (Å²) in [6, 6.07) is 11.7. The zero-order chi connectivity index (χ0) is 16.4. The smallest absolute Gasteiger partial charge is 0.337 e. The molecule has 0 radical (unpaired) electrons. The van der Waals surface area contributed by atoms with Crippen molar-refractivity contribution in [3.05, 3.63) is 59.4 Å². The van der Waals surface area contributed by atoms with E-state index in [0.29, 0.717) is 11.3 Å². The van der Waals surface area contributed by atoms with Gasteiger partial charge >= 0.3 is 5.97 Å². The maximum atomic E-state index is 12.9. The SMILES string of the molecule is COC(=O)c1ccc2nc(SCc3ccc(F)cc3)n(C)c2c1. The Balaban J connectivity index is 1.85. The molecule has 0 spiro atoms. The van der Waals surface area contributed by atoms with E-state index in [-0.39, 0.29) is 11.8 Å². The average molecular weight is 330 g/mol. The lowest BCUT2D eigenvalue weighted by Crippen LogP contribution is -2.01. The first-order chi connectivity index (χ1) is 11.1. The summed E-state index contributed by atoms with van der Waals surface area (Å²) in [5.41, 5.74) is 3.22. The molecule has 6 heteroatoms. The summed E-state index contributed by atoms with van der Waals surface area (Å²) in [5.74, 6) is 0.0897. The molecule has 1 heterocycles. The maximum Gasteiger partial charge on any atom is 0.337 e. The molecule has 0 saturated heterocycles. The van der Waals surface area contributed by atoms with Gasteiger partial charge in [0.1, 0.15) is 5.82 Å². The predicted molar refractivity (Wildman–Crippen MR) is 88.0 cm³/mol. The molecule has 0 atom stereocenters. The number of carbonyl (C=O) groups is 1. The lowest BCUT2D eigenvalue weighted by Gasteiger charge is -2.03. The number of hydrogen-bond donors (Lipinski definition) is 0. The number of nitrogens with zero attached hydrogens (tertiary/aromatic N) is 2. The summed E-state index contributed by atoms with van der Waals surface area (Å²) in [5, 5.41) is 0.839. The van der Waals surface area contributed by atoms with E-state index in [1.807, 2.05) is 17.7 Å². The molecule has 3 aromatic rings. The van der Waals surface area contributed by atoms with Gasteiger partial charge in [-0.05, 0) is 35.9 Å². The van der Waals surface area contributed by atoms with Gasteiger partial charge in [-0.1, -0.05) is 23.9 Å². The monoisotopic (exact) mass is 330 g/mol. The molecule has 0 saturated carbocycles. The van der Waals surface area contributed by atoms with Gasteiger partial charge in [0.25, 0.3) is 0 Å². The number of aryl methyl sites for hydroxylation is 1. The van der Waals surface area contributed by atoms with E-state index in [4.69, 9.17) is 4.74 Å². The van der Waals surface area contributed by atoms with E-state index in [2.05, 4.69) is 4.98 Å². The molecular weight excluding hydrogens is 315 g/mol. The summed E-state index contributed by atoms with van der Waals surface area (Å²) in [4.78, 5) is 16.2. The van der Waals surface area contributed by atoms with Crippen LogP contribution in [0.15, 0.2) is 47.6 Å². The Morgan fingerprint density at radius 2 is 2.00 bits per heavy atom.